The molecular formula is C7H7Cl2F3N2. The molecule has 14 heavy (non-hydrogen) atoms. The molecule has 2 atom stereocenters. The maximum Gasteiger partial charge on any atom is 0.413 e. The van der Waals surface area contributed by atoms with Crippen molar-refractivity contribution in [3.05, 3.63) is 23.3 Å². The van der Waals surface area contributed by atoms with Crippen LogP contribution in [0.4, 0.5) is 13.2 Å². The van der Waals surface area contributed by atoms with Crippen LogP contribution < -0.4 is 11.3 Å². The lowest BCUT2D eigenvalue weighted by molar-refractivity contribution is -0.154. The van der Waals surface area contributed by atoms with Gasteiger partial charge in [0.25, 0.3) is 0 Å². The second-order valence-electron chi connectivity index (χ2n) is 2.78. The molecule has 0 saturated heterocycles. The lowest BCUT2D eigenvalue weighted by atomic mass is 9.93. The number of hydrazine groups is 1. The molecule has 0 radical (unpaired) electrons. The first kappa shape index (κ1) is 11.8. The highest BCUT2D eigenvalue weighted by atomic mass is 35.5. The number of allylic oxidation sites excluding steroid dienone is 2. The molecule has 0 aromatic heterocycles. The van der Waals surface area contributed by atoms with Crippen LogP contribution in [0.2, 0.25) is 0 Å². The van der Waals surface area contributed by atoms with Crippen LogP contribution in [0, 0.1) is 0 Å². The van der Waals surface area contributed by atoms with Crippen LogP contribution in [0.1, 0.15) is 0 Å². The van der Waals surface area contributed by atoms with E-state index in [1.165, 1.54) is 6.08 Å². The minimum atomic E-state index is -4.63. The van der Waals surface area contributed by atoms with E-state index in [-0.39, 0.29) is 5.03 Å². The Kier molecular flexibility index (Phi) is 3.16. The summed E-state index contributed by atoms with van der Waals surface area (Å²) in [5.74, 6) is 4.97. The fraction of sp³-hybridized carbons (Fsp3) is 0.429. The number of rotatable bonds is 1. The fourth-order valence-corrected chi connectivity index (χ4v) is 1.75. The van der Waals surface area contributed by atoms with Crippen molar-refractivity contribution in [3.63, 3.8) is 0 Å². The predicted octanol–water partition coefficient (Wildman–Crippen LogP) is 2.05. The van der Waals surface area contributed by atoms with E-state index in [2.05, 4.69) is 0 Å². The summed E-state index contributed by atoms with van der Waals surface area (Å²) in [6.45, 7) is 0. The van der Waals surface area contributed by atoms with E-state index in [9.17, 15) is 13.2 Å². The molecule has 80 valence electrons. The van der Waals surface area contributed by atoms with Gasteiger partial charge in [-0.3, -0.25) is 5.84 Å². The van der Waals surface area contributed by atoms with Crippen LogP contribution in [-0.4, -0.2) is 17.1 Å². The van der Waals surface area contributed by atoms with Gasteiger partial charge in [0.2, 0.25) is 0 Å². The van der Waals surface area contributed by atoms with E-state index < -0.39 is 17.1 Å². The molecule has 0 spiro atoms. The van der Waals surface area contributed by atoms with Gasteiger partial charge >= 0.3 is 6.18 Å². The van der Waals surface area contributed by atoms with Gasteiger partial charge < -0.3 is 0 Å². The topological polar surface area (TPSA) is 38.0 Å². The van der Waals surface area contributed by atoms with E-state index >= 15 is 0 Å². The molecule has 1 aliphatic carbocycles. The number of nitrogens with one attached hydrogen (secondary N) is 1. The van der Waals surface area contributed by atoms with Crippen LogP contribution in [-0.2, 0) is 0 Å². The van der Waals surface area contributed by atoms with Crippen LogP contribution in [0.5, 0.6) is 0 Å². The van der Waals surface area contributed by atoms with Crippen LogP contribution in [0.15, 0.2) is 23.3 Å². The Balaban J connectivity index is 3.11. The number of nitrogens with two attached hydrogens (primary N) is 1. The summed E-state index contributed by atoms with van der Waals surface area (Å²) >= 11 is 11.0. The van der Waals surface area contributed by atoms with Gasteiger partial charge in [-0.15, -0.1) is 11.6 Å². The molecule has 0 aromatic carbocycles. The Hall–Kier alpha value is -0.230. The molecule has 1 aliphatic rings. The molecule has 2 unspecified atom stereocenters. The normalized spacial score (nSPS) is 33.0. The van der Waals surface area contributed by atoms with Crippen molar-refractivity contribution in [3.8, 4) is 0 Å². The number of halogens is 5. The molecule has 3 N–H and O–H groups in total. The Morgan fingerprint density at radius 2 is 2.07 bits per heavy atom. The maximum atomic E-state index is 12.6. The Labute approximate surface area is 88.5 Å². The smallest absolute Gasteiger partial charge is 0.271 e. The van der Waals surface area contributed by atoms with Gasteiger partial charge in [0.1, 0.15) is 0 Å². The highest BCUT2D eigenvalue weighted by Gasteiger charge is 2.58. The first-order valence-corrected chi connectivity index (χ1v) is 4.35. The quantitative estimate of drug-likeness (QED) is 0.422. The Morgan fingerprint density at radius 1 is 1.50 bits per heavy atom. The summed E-state index contributed by atoms with van der Waals surface area (Å²) < 4.78 is 37.7. The Morgan fingerprint density at radius 3 is 2.43 bits per heavy atom. The molecule has 0 heterocycles. The van der Waals surface area contributed by atoms with Crippen LogP contribution in [0.3, 0.4) is 0 Å². The summed E-state index contributed by atoms with van der Waals surface area (Å²) in [6.07, 6.45) is -1.36. The molecule has 7 heteroatoms. The molecule has 0 saturated carbocycles. The van der Waals surface area contributed by atoms with Crippen molar-refractivity contribution in [2.45, 2.75) is 17.1 Å². The third-order valence-corrected chi connectivity index (χ3v) is 2.79. The van der Waals surface area contributed by atoms with Crippen molar-refractivity contribution < 1.29 is 13.2 Å². The monoisotopic (exact) mass is 246 g/mol. The van der Waals surface area contributed by atoms with E-state index in [1.54, 1.807) is 0 Å². The number of alkyl halides is 4. The summed E-state index contributed by atoms with van der Waals surface area (Å²) in [6, 6.07) is -1.36. The highest BCUT2D eigenvalue weighted by molar-refractivity contribution is 6.33. The zero-order chi connectivity index (χ0) is 11.0. The summed E-state index contributed by atoms with van der Waals surface area (Å²) in [7, 11) is 0. The average Bonchev–Trinajstić information content (AvgIpc) is 2.02. The third kappa shape index (κ3) is 1.77. The third-order valence-electron chi connectivity index (χ3n) is 1.89. The average molecular weight is 247 g/mol. The molecule has 1 rings (SSSR count). The first-order valence-electron chi connectivity index (χ1n) is 3.59. The largest absolute Gasteiger partial charge is 0.413 e. The minimum Gasteiger partial charge on any atom is -0.271 e. The van der Waals surface area contributed by atoms with Crippen molar-refractivity contribution >= 4 is 23.2 Å². The number of hydrogen-bond acceptors (Lipinski definition) is 2. The van der Waals surface area contributed by atoms with Crippen LogP contribution in [0.25, 0.3) is 0 Å². The Bertz CT molecular complexity index is 287. The zero-order valence-corrected chi connectivity index (χ0v) is 8.29. The first-order chi connectivity index (χ1) is 6.33. The summed E-state index contributed by atoms with van der Waals surface area (Å²) in [5.41, 5.74) is 1.95. The van der Waals surface area contributed by atoms with Crippen LogP contribution >= 0.6 is 23.2 Å². The van der Waals surface area contributed by atoms with Gasteiger partial charge in [-0.1, -0.05) is 23.8 Å². The summed E-state index contributed by atoms with van der Waals surface area (Å²) in [5, 5.41) is -0.0812. The zero-order valence-electron chi connectivity index (χ0n) is 6.78. The molecule has 0 aromatic rings. The van der Waals surface area contributed by atoms with Crippen molar-refractivity contribution in [2.75, 3.05) is 0 Å². The highest BCUT2D eigenvalue weighted by Crippen LogP contribution is 2.44. The van der Waals surface area contributed by atoms with Gasteiger partial charge in [0.05, 0.1) is 6.04 Å². The van der Waals surface area contributed by atoms with Crippen molar-refractivity contribution in [1.82, 2.24) is 5.43 Å². The maximum absolute atomic E-state index is 12.6. The molecule has 2 nitrogen and oxygen atoms in total. The van der Waals surface area contributed by atoms with Gasteiger partial charge in [0.15, 0.2) is 4.87 Å². The van der Waals surface area contributed by atoms with Gasteiger partial charge in [0, 0.05) is 5.03 Å². The van der Waals surface area contributed by atoms with Gasteiger partial charge in [-0.2, -0.15) is 13.2 Å². The predicted molar refractivity (Wildman–Crippen MR) is 48.8 cm³/mol. The molecular weight excluding hydrogens is 240 g/mol. The lowest BCUT2D eigenvalue weighted by Gasteiger charge is -2.35. The molecule has 0 bridgehead atoms. The van der Waals surface area contributed by atoms with Gasteiger partial charge in [-0.05, 0) is 6.08 Å². The van der Waals surface area contributed by atoms with Gasteiger partial charge in [-0.25, -0.2) is 5.43 Å². The van der Waals surface area contributed by atoms with E-state index in [0.29, 0.717) is 0 Å². The van der Waals surface area contributed by atoms with Crippen molar-refractivity contribution in [2.24, 2.45) is 5.84 Å². The van der Waals surface area contributed by atoms with E-state index in [0.717, 1.165) is 12.2 Å². The molecule has 0 amide bonds. The van der Waals surface area contributed by atoms with Crippen molar-refractivity contribution in [1.29, 1.82) is 0 Å². The number of hydrogen-bond donors (Lipinski definition) is 2. The fourth-order valence-electron chi connectivity index (χ4n) is 1.13. The standard InChI is InChI=1S/C7H7Cl2F3N2/c8-4-2-1-3-6(9,5(4)14-13)7(10,11)12/h1-3,5,14H,13H2. The summed E-state index contributed by atoms with van der Waals surface area (Å²) in [4.78, 5) is -2.59. The minimum absolute atomic E-state index is 0.0812. The SMILES string of the molecule is NNC1C(Cl)=CC=CC1(Cl)C(F)(F)F. The second-order valence-corrected chi connectivity index (χ2v) is 3.84. The van der Waals surface area contributed by atoms with E-state index in [4.69, 9.17) is 29.0 Å². The van der Waals surface area contributed by atoms with E-state index in [1.807, 2.05) is 5.43 Å². The molecule has 0 aliphatic heterocycles. The molecule has 0 fully saturated rings. The lowest BCUT2D eigenvalue weighted by Crippen LogP contribution is -2.57. The second kappa shape index (κ2) is 3.73.